The second-order valence-corrected chi connectivity index (χ2v) is 8.40. The average molecular weight is 459 g/mol. The van der Waals surface area contributed by atoms with Crippen molar-refractivity contribution < 1.29 is 14.0 Å². The number of fused-ring (bicyclic) bond motifs is 1. The van der Waals surface area contributed by atoms with E-state index in [4.69, 9.17) is 9.40 Å². The van der Waals surface area contributed by atoms with E-state index >= 15 is 0 Å². The zero-order valence-electron chi connectivity index (χ0n) is 19.0. The number of aromatic nitrogens is 4. The number of hydrogen-bond acceptors (Lipinski definition) is 6. The standard InChI is InChI=1S/C25H26N6O3/c1-2-27-24(32)18-7-4-10-30(15-18)25(33)20-12-22(17-6-3-9-26-13-17)29-23-21(20)14-28-31(23)16-19-8-5-11-34-19/h3,5-6,8-9,11-14,18H,2,4,7,10,15-16H2,1H3,(H,27,32). The minimum Gasteiger partial charge on any atom is -0.467 e. The Balaban J connectivity index is 1.54. The Labute approximate surface area is 196 Å². The molecule has 0 aromatic carbocycles. The second kappa shape index (κ2) is 9.46. The molecule has 174 valence electrons. The summed E-state index contributed by atoms with van der Waals surface area (Å²) >= 11 is 0. The number of rotatable bonds is 6. The molecule has 0 saturated carbocycles. The first-order valence-corrected chi connectivity index (χ1v) is 11.5. The maximum absolute atomic E-state index is 13.7. The number of likely N-dealkylation sites (tertiary alicyclic amines) is 1. The van der Waals surface area contributed by atoms with Crippen LogP contribution in [0.4, 0.5) is 0 Å². The fourth-order valence-electron chi connectivity index (χ4n) is 4.42. The van der Waals surface area contributed by atoms with Crippen molar-refractivity contribution in [2.24, 2.45) is 5.92 Å². The Hall–Kier alpha value is -4.01. The summed E-state index contributed by atoms with van der Waals surface area (Å²) in [6.45, 7) is 3.89. The van der Waals surface area contributed by atoms with E-state index in [2.05, 4.69) is 15.4 Å². The monoisotopic (exact) mass is 458 g/mol. The van der Waals surface area contributed by atoms with Gasteiger partial charge in [0.15, 0.2) is 5.65 Å². The summed E-state index contributed by atoms with van der Waals surface area (Å²) in [5.41, 5.74) is 2.56. The molecule has 0 spiro atoms. The maximum atomic E-state index is 13.7. The number of nitrogens with zero attached hydrogens (tertiary/aromatic N) is 5. The van der Waals surface area contributed by atoms with E-state index in [1.54, 1.807) is 40.5 Å². The predicted molar refractivity (Wildman–Crippen MR) is 126 cm³/mol. The molecule has 5 rings (SSSR count). The summed E-state index contributed by atoms with van der Waals surface area (Å²) in [5.74, 6) is 0.424. The van der Waals surface area contributed by atoms with Crippen LogP contribution >= 0.6 is 0 Å². The third kappa shape index (κ3) is 4.28. The third-order valence-corrected chi connectivity index (χ3v) is 6.11. The molecule has 1 aliphatic heterocycles. The van der Waals surface area contributed by atoms with Gasteiger partial charge < -0.3 is 14.6 Å². The summed E-state index contributed by atoms with van der Waals surface area (Å²) in [4.78, 5) is 37.0. The van der Waals surface area contributed by atoms with E-state index in [9.17, 15) is 9.59 Å². The van der Waals surface area contributed by atoms with Crippen molar-refractivity contribution in [1.82, 2.24) is 30.0 Å². The van der Waals surface area contributed by atoms with Crippen LogP contribution in [0.5, 0.6) is 0 Å². The molecule has 0 radical (unpaired) electrons. The van der Waals surface area contributed by atoms with E-state index < -0.39 is 0 Å². The van der Waals surface area contributed by atoms with Crippen LogP contribution in [-0.2, 0) is 11.3 Å². The van der Waals surface area contributed by atoms with Crippen LogP contribution in [0.15, 0.2) is 59.6 Å². The van der Waals surface area contributed by atoms with Crippen LogP contribution in [0.25, 0.3) is 22.3 Å². The van der Waals surface area contributed by atoms with Crippen molar-refractivity contribution in [3.63, 3.8) is 0 Å². The zero-order valence-corrected chi connectivity index (χ0v) is 19.0. The molecule has 4 aromatic rings. The Bertz CT molecular complexity index is 1300. The summed E-state index contributed by atoms with van der Waals surface area (Å²) in [5, 5.41) is 8.06. The number of amides is 2. The minimum absolute atomic E-state index is 0.00203. The van der Waals surface area contributed by atoms with E-state index in [-0.39, 0.29) is 17.7 Å². The average Bonchev–Trinajstić information content (AvgIpc) is 3.54. The summed E-state index contributed by atoms with van der Waals surface area (Å²) in [6.07, 6.45) is 8.28. The van der Waals surface area contributed by atoms with Crippen molar-refractivity contribution in [3.05, 3.63) is 66.5 Å². The first-order valence-electron chi connectivity index (χ1n) is 11.5. The van der Waals surface area contributed by atoms with E-state index in [1.807, 2.05) is 31.2 Å². The van der Waals surface area contributed by atoms with Gasteiger partial charge in [0.2, 0.25) is 5.91 Å². The molecule has 1 saturated heterocycles. The number of pyridine rings is 2. The van der Waals surface area contributed by atoms with Crippen LogP contribution < -0.4 is 5.32 Å². The van der Waals surface area contributed by atoms with Gasteiger partial charge in [0.25, 0.3) is 5.91 Å². The van der Waals surface area contributed by atoms with Gasteiger partial charge in [0, 0.05) is 37.6 Å². The van der Waals surface area contributed by atoms with Crippen molar-refractivity contribution in [2.45, 2.75) is 26.3 Å². The van der Waals surface area contributed by atoms with Gasteiger partial charge in [-0.25, -0.2) is 9.67 Å². The zero-order chi connectivity index (χ0) is 23.5. The number of carbonyl (C=O) groups is 2. The highest BCUT2D eigenvalue weighted by molar-refractivity contribution is 6.06. The Morgan fingerprint density at radius 1 is 1.24 bits per heavy atom. The molecule has 1 fully saturated rings. The number of hydrogen-bond donors (Lipinski definition) is 1. The lowest BCUT2D eigenvalue weighted by molar-refractivity contribution is -0.126. The molecule has 2 amide bonds. The molecule has 0 aliphatic carbocycles. The third-order valence-electron chi connectivity index (χ3n) is 6.11. The van der Waals surface area contributed by atoms with Crippen LogP contribution in [-0.4, -0.2) is 56.1 Å². The van der Waals surface area contributed by atoms with Crippen LogP contribution in [0, 0.1) is 5.92 Å². The van der Waals surface area contributed by atoms with E-state index in [0.29, 0.717) is 48.5 Å². The topological polar surface area (TPSA) is 106 Å². The van der Waals surface area contributed by atoms with Crippen LogP contribution in [0.2, 0.25) is 0 Å². The fourth-order valence-corrected chi connectivity index (χ4v) is 4.42. The molecule has 1 aliphatic rings. The van der Waals surface area contributed by atoms with Gasteiger partial charge in [-0.3, -0.25) is 14.6 Å². The Morgan fingerprint density at radius 3 is 2.91 bits per heavy atom. The quantitative estimate of drug-likeness (QED) is 0.476. The molecule has 5 heterocycles. The lowest BCUT2D eigenvalue weighted by Gasteiger charge is -2.32. The Kier molecular flexibility index (Phi) is 6.07. The highest BCUT2D eigenvalue weighted by Gasteiger charge is 2.30. The number of piperidine rings is 1. The molecule has 9 heteroatoms. The molecular formula is C25H26N6O3. The molecular weight excluding hydrogens is 432 g/mol. The molecule has 4 aromatic heterocycles. The van der Waals surface area contributed by atoms with Gasteiger partial charge in [0.1, 0.15) is 12.3 Å². The molecule has 1 N–H and O–H groups in total. The van der Waals surface area contributed by atoms with E-state index in [0.717, 1.165) is 24.2 Å². The Morgan fingerprint density at radius 2 is 2.15 bits per heavy atom. The van der Waals surface area contributed by atoms with Crippen LogP contribution in [0.1, 0.15) is 35.9 Å². The fraction of sp³-hybridized carbons (Fsp3) is 0.320. The normalized spacial score (nSPS) is 16.0. The maximum Gasteiger partial charge on any atom is 0.254 e. The summed E-state index contributed by atoms with van der Waals surface area (Å²) in [6, 6.07) is 9.25. The van der Waals surface area contributed by atoms with Gasteiger partial charge in [0.05, 0.1) is 35.0 Å². The second-order valence-electron chi connectivity index (χ2n) is 8.40. The number of furan rings is 1. The van der Waals surface area contributed by atoms with Gasteiger partial charge >= 0.3 is 0 Å². The van der Waals surface area contributed by atoms with Gasteiger partial charge in [-0.2, -0.15) is 5.10 Å². The van der Waals surface area contributed by atoms with Gasteiger partial charge in [-0.1, -0.05) is 0 Å². The van der Waals surface area contributed by atoms with Gasteiger partial charge in [-0.15, -0.1) is 0 Å². The smallest absolute Gasteiger partial charge is 0.254 e. The van der Waals surface area contributed by atoms with Crippen LogP contribution in [0.3, 0.4) is 0 Å². The van der Waals surface area contributed by atoms with Crippen molar-refractivity contribution in [1.29, 1.82) is 0 Å². The van der Waals surface area contributed by atoms with Crippen molar-refractivity contribution in [2.75, 3.05) is 19.6 Å². The van der Waals surface area contributed by atoms with Gasteiger partial charge in [-0.05, 0) is 50.1 Å². The van der Waals surface area contributed by atoms with E-state index in [1.165, 1.54) is 0 Å². The largest absolute Gasteiger partial charge is 0.467 e. The lowest BCUT2D eigenvalue weighted by atomic mass is 9.96. The molecule has 1 atom stereocenters. The highest BCUT2D eigenvalue weighted by atomic mass is 16.3. The minimum atomic E-state index is -0.200. The first-order chi connectivity index (χ1) is 16.6. The summed E-state index contributed by atoms with van der Waals surface area (Å²) < 4.78 is 7.22. The summed E-state index contributed by atoms with van der Waals surface area (Å²) in [7, 11) is 0. The number of carbonyl (C=O) groups excluding carboxylic acids is 2. The highest BCUT2D eigenvalue weighted by Crippen LogP contribution is 2.27. The number of nitrogens with one attached hydrogen (secondary N) is 1. The molecule has 34 heavy (non-hydrogen) atoms. The molecule has 9 nitrogen and oxygen atoms in total. The molecule has 0 bridgehead atoms. The SMILES string of the molecule is CCNC(=O)C1CCCN(C(=O)c2cc(-c3cccnc3)nc3c2cnn3Cc2ccco2)C1. The molecule has 1 unspecified atom stereocenters. The first kappa shape index (κ1) is 21.8. The lowest BCUT2D eigenvalue weighted by Crippen LogP contribution is -2.45. The van der Waals surface area contributed by atoms with Crippen molar-refractivity contribution in [3.8, 4) is 11.3 Å². The van der Waals surface area contributed by atoms with Crippen molar-refractivity contribution >= 4 is 22.8 Å². The predicted octanol–water partition coefficient (Wildman–Crippen LogP) is 3.12.